The zero-order valence-electron chi connectivity index (χ0n) is 14.3. The maximum Gasteiger partial charge on any atom is 0.282 e. The molecule has 140 valence electrons. The minimum absolute atomic E-state index is 0. The van der Waals surface area contributed by atoms with Gasteiger partial charge in [-0.2, -0.15) is 17.0 Å². The Morgan fingerprint density at radius 2 is 1.62 bits per heavy atom. The molecular formula is C15H29ClN4O3S. The topological polar surface area (TPSA) is 87.0 Å². The minimum atomic E-state index is -3.43. The van der Waals surface area contributed by atoms with Crippen molar-refractivity contribution in [3.8, 4) is 0 Å². The third-order valence-corrected chi connectivity index (χ3v) is 7.56. The summed E-state index contributed by atoms with van der Waals surface area (Å²) in [5, 5.41) is 0. The first-order chi connectivity index (χ1) is 10.8. The molecule has 2 saturated carbocycles. The summed E-state index contributed by atoms with van der Waals surface area (Å²) in [5.74, 6) is -0.0183. The maximum atomic E-state index is 12.8. The molecule has 1 saturated heterocycles. The number of carbonyl (C=O) groups is 1. The predicted molar refractivity (Wildman–Crippen MR) is 95.1 cm³/mol. The van der Waals surface area contributed by atoms with E-state index >= 15 is 0 Å². The number of carbonyl (C=O) groups excluding carboxylic acids is 1. The van der Waals surface area contributed by atoms with Gasteiger partial charge in [0, 0.05) is 39.3 Å². The highest BCUT2D eigenvalue weighted by Gasteiger charge is 2.49. The van der Waals surface area contributed by atoms with Crippen LogP contribution in [0.25, 0.3) is 0 Å². The molecule has 0 spiro atoms. The average molecular weight is 381 g/mol. The second kappa shape index (κ2) is 7.45. The van der Waals surface area contributed by atoms with Crippen molar-refractivity contribution in [2.45, 2.75) is 56.5 Å². The molecule has 1 aliphatic heterocycles. The van der Waals surface area contributed by atoms with Crippen LogP contribution >= 0.6 is 12.4 Å². The predicted octanol–water partition coefficient (Wildman–Crippen LogP) is 0.553. The first-order valence-electron chi connectivity index (χ1n) is 8.66. The van der Waals surface area contributed by atoms with Crippen LogP contribution in [0.3, 0.4) is 0 Å². The van der Waals surface area contributed by atoms with Gasteiger partial charge in [-0.15, -0.1) is 12.4 Å². The van der Waals surface area contributed by atoms with Gasteiger partial charge in [-0.1, -0.05) is 19.3 Å². The fraction of sp³-hybridized carbons (Fsp3) is 0.933. The van der Waals surface area contributed by atoms with Gasteiger partial charge >= 0.3 is 0 Å². The van der Waals surface area contributed by atoms with Crippen LogP contribution in [0, 0.1) is 0 Å². The number of halogens is 1. The van der Waals surface area contributed by atoms with Crippen LogP contribution < -0.4 is 5.73 Å². The Kier molecular flexibility index (Phi) is 6.18. The summed E-state index contributed by atoms with van der Waals surface area (Å²) in [6.07, 6.45) is 6.79. The Morgan fingerprint density at radius 1 is 1.08 bits per heavy atom. The summed E-state index contributed by atoms with van der Waals surface area (Å²) >= 11 is 0. The van der Waals surface area contributed by atoms with E-state index in [2.05, 4.69) is 0 Å². The molecule has 0 aromatic heterocycles. The summed E-state index contributed by atoms with van der Waals surface area (Å²) in [6.45, 7) is 1.60. The summed E-state index contributed by atoms with van der Waals surface area (Å²) in [7, 11) is -1.74. The van der Waals surface area contributed by atoms with Gasteiger partial charge in [0.05, 0.1) is 5.54 Å². The summed E-state index contributed by atoms with van der Waals surface area (Å²) < 4.78 is 28.7. The summed E-state index contributed by atoms with van der Waals surface area (Å²) in [4.78, 5) is 14.0. The second-order valence-electron chi connectivity index (χ2n) is 7.16. The number of piperazine rings is 1. The van der Waals surface area contributed by atoms with E-state index in [4.69, 9.17) is 5.73 Å². The van der Waals surface area contributed by atoms with E-state index in [0.717, 1.165) is 38.5 Å². The first-order valence-corrected chi connectivity index (χ1v) is 10.1. The Labute approximate surface area is 151 Å². The number of rotatable bonds is 4. The lowest BCUT2D eigenvalue weighted by atomic mass is 9.96. The Balaban J connectivity index is 0.00000208. The fourth-order valence-corrected chi connectivity index (χ4v) is 5.18. The van der Waals surface area contributed by atoms with Crippen molar-refractivity contribution < 1.29 is 13.2 Å². The quantitative estimate of drug-likeness (QED) is 0.771. The standard InChI is InChI=1S/C15H28N4O3S.ClH/c1-17(13-5-3-2-4-6-13)23(21,22)19-11-9-18(10-12-19)14(20)15(16)7-8-15;/h13H,2-12,16H2,1H3;1H. The summed E-state index contributed by atoms with van der Waals surface area (Å²) in [6, 6.07) is 0.118. The number of nitrogens with zero attached hydrogens (tertiary/aromatic N) is 3. The zero-order valence-corrected chi connectivity index (χ0v) is 15.9. The zero-order chi connectivity index (χ0) is 16.7. The Hall–Kier alpha value is -0.410. The van der Waals surface area contributed by atoms with Crippen LogP contribution in [0.4, 0.5) is 0 Å². The van der Waals surface area contributed by atoms with Crippen LogP contribution in [-0.2, 0) is 15.0 Å². The van der Waals surface area contributed by atoms with Gasteiger partial charge in [0.1, 0.15) is 0 Å². The fourth-order valence-electron chi connectivity index (χ4n) is 3.60. The van der Waals surface area contributed by atoms with Crippen LogP contribution in [0.2, 0.25) is 0 Å². The molecule has 1 amide bonds. The molecular weight excluding hydrogens is 352 g/mol. The molecule has 0 radical (unpaired) electrons. The molecule has 0 aromatic carbocycles. The highest BCUT2D eigenvalue weighted by molar-refractivity contribution is 7.86. The normalized spacial score (nSPS) is 25.4. The van der Waals surface area contributed by atoms with Crippen molar-refractivity contribution in [1.29, 1.82) is 0 Å². The highest BCUT2D eigenvalue weighted by atomic mass is 35.5. The van der Waals surface area contributed by atoms with Gasteiger partial charge < -0.3 is 10.6 Å². The van der Waals surface area contributed by atoms with E-state index in [1.54, 1.807) is 16.3 Å². The van der Waals surface area contributed by atoms with E-state index in [1.807, 2.05) is 0 Å². The second-order valence-corrected chi connectivity index (χ2v) is 9.15. The molecule has 0 aromatic rings. The van der Waals surface area contributed by atoms with Gasteiger partial charge in [-0.3, -0.25) is 4.79 Å². The SMILES string of the molecule is CN(C1CCCCC1)S(=O)(=O)N1CCN(C(=O)C2(N)CC2)CC1.Cl. The average Bonchev–Trinajstić information content (AvgIpc) is 3.33. The van der Waals surface area contributed by atoms with Crippen molar-refractivity contribution in [2.75, 3.05) is 33.2 Å². The monoisotopic (exact) mass is 380 g/mol. The number of amides is 1. The van der Waals surface area contributed by atoms with Crippen LogP contribution in [-0.4, -0.2) is 72.6 Å². The van der Waals surface area contributed by atoms with E-state index in [0.29, 0.717) is 26.2 Å². The van der Waals surface area contributed by atoms with Crippen molar-refractivity contribution >= 4 is 28.5 Å². The van der Waals surface area contributed by atoms with E-state index in [1.165, 1.54) is 10.7 Å². The molecule has 24 heavy (non-hydrogen) atoms. The summed E-state index contributed by atoms with van der Waals surface area (Å²) in [5.41, 5.74) is 5.29. The maximum absolute atomic E-state index is 12.8. The van der Waals surface area contributed by atoms with Crippen LogP contribution in [0.1, 0.15) is 44.9 Å². The minimum Gasteiger partial charge on any atom is -0.338 e. The van der Waals surface area contributed by atoms with Gasteiger partial charge in [-0.05, 0) is 25.7 Å². The molecule has 2 N–H and O–H groups in total. The molecule has 0 atom stereocenters. The van der Waals surface area contributed by atoms with E-state index in [-0.39, 0.29) is 24.4 Å². The molecule has 2 aliphatic carbocycles. The van der Waals surface area contributed by atoms with Crippen molar-refractivity contribution in [2.24, 2.45) is 5.73 Å². The molecule has 7 nitrogen and oxygen atoms in total. The first kappa shape index (κ1) is 19.9. The third-order valence-electron chi connectivity index (χ3n) is 5.52. The van der Waals surface area contributed by atoms with Crippen molar-refractivity contribution in [1.82, 2.24) is 13.5 Å². The van der Waals surface area contributed by atoms with Gasteiger partial charge in [-0.25, -0.2) is 0 Å². The molecule has 3 aliphatic rings. The van der Waals surface area contributed by atoms with E-state index in [9.17, 15) is 13.2 Å². The van der Waals surface area contributed by atoms with Crippen LogP contribution in [0.5, 0.6) is 0 Å². The lowest BCUT2D eigenvalue weighted by Crippen LogP contribution is -2.57. The Morgan fingerprint density at radius 3 is 2.12 bits per heavy atom. The third kappa shape index (κ3) is 3.88. The molecule has 3 fully saturated rings. The lowest BCUT2D eigenvalue weighted by molar-refractivity contribution is -0.134. The number of hydrogen-bond acceptors (Lipinski definition) is 4. The largest absolute Gasteiger partial charge is 0.338 e. The van der Waals surface area contributed by atoms with Gasteiger partial charge in [0.15, 0.2) is 0 Å². The van der Waals surface area contributed by atoms with Crippen molar-refractivity contribution in [3.05, 3.63) is 0 Å². The molecule has 3 rings (SSSR count). The lowest BCUT2D eigenvalue weighted by Gasteiger charge is -2.39. The smallest absolute Gasteiger partial charge is 0.282 e. The molecule has 0 bridgehead atoms. The highest BCUT2D eigenvalue weighted by Crippen LogP contribution is 2.34. The molecule has 9 heteroatoms. The van der Waals surface area contributed by atoms with Gasteiger partial charge in [0.25, 0.3) is 10.2 Å². The molecule has 1 heterocycles. The van der Waals surface area contributed by atoms with E-state index < -0.39 is 15.7 Å². The van der Waals surface area contributed by atoms with Crippen LogP contribution in [0.15, 0.2) is 0 Å². The van der Waals surface area contributed by atoms with Crippen molar-refractivity contribution in [3.63, 3.8) is 0 Å². The Bertz CT molecular complexity index is 553. The number of nitrogens with two attached hydrogens (primary N) is 1. The van der Waals surface area contributed by atoms with Gasteiger partial charge in [0.2, 0.25) is 5.91 Å². The number of hydrogen-bond donors (Lipinski definition) is 1. The molecule has 0 unspecified atom stereocenters.